The topological polar surface area (TPSA) is 90.1 Å². The highest BCUT2D eigenvalue weighted by Crippen LogP contribution is 2.37. The Morgan fingerprint density at radius 1 is 1.44 bits per heavy atom. The Bertz CT molecular complexity index is 705. The van der Waals surface area contributed by atoms with Gasteiger partial charge in [0.2, 0.25) is 5.89 Å². The van der Waals surface area contributed by atoms with Crippen LogP contribution in [0.1, 0.15) is 63.4 Å². The number of hydrogen-bond acceptors (Lipinski definition) is 6. The van der Waals surface area contributed by atoms with Crippen LogP contribution >= 0.6 is 0 Å². The number of hydrogen-bond donors (Lipinski definition) is 1. The Labute approximate surface area is 147 Å². The van der Waals surface area contributed by atoms with E-state index in [0.29, 0.717) is 24.1 Å². The van der Waals surface area contributed by atoms with Crippen LogP contribution in [-0.2, 0) is 11.2 Å². The van der Waals surface area contributed by atoms with Gasteiger partial charge in [-0.25, -0.2) is 4.79 Å². The van der Waals surface area contributed by atoms with E-state index in [9.17, 15) is 4.79 Å². The van der Waals surface area contributed by atoms with E-state index in [1.165, 1.54) is 0 Å². The highest BCUT2D eigenvalue weighted by atomic mass is 16.6. The van der Waals surface area contributed by atoms with E-state index in [1.807, 2.05) is 32.9 Å². The first-order valence-corrected chi connectivity index (χ1v) is 8.61. The molecule has 134 valence electrons. The van der Waals surface area contributed by atoms with E-state index < -0.39 is 11.7 Å². The van der Waals surface area contributed by atoms with Gasteiger partial charge in [0.05, 0.1) is 0 Å². The summed E-state index contributed by atoms with van der Waals surface area (Å²) in [5, 5.41) is 6.95. The fraction of sp³-hybridized carbons (Fsp3) is 0.556. The second-order valence-electron chi connectivity index (χ2n) is 7.40. The number of carbonyl (C=O) groups excluding carboxylic acids is 1. The number of rotatable bonds is 5. The average molecular weight is 344 g/mol. The lowest BCUT2D eigenvalue weighted by Crippen LogP contribution is -2.39. The third kappa shape index (κ3) is 4.78. The molecule has 1 atom stereocenters. The predicted molar refractivity (Wildman–Crippen MR) is 90.8 cm³/mol. The summed E-state index contributed by atoms with van der Waals surface area (Å²) in [7, 11) is 0. The molecular weight excluding hydrogens is 320 g/mol. The molecule has 25 heavy (non-hydrogen) atoms. The zero-order valence-electron chi connectivity index (χ0n) is 14.9. The van der Waals surface area contributed by atoms with Gasteiger partial charge in [-0.15, -0.1) is 0 Å². The van der Waals surface area contributed by atoms with Crippen LogP contribution in [-0.4, -0.2) is 26.8 Å². The van der Waals surface area contributed by atoms with Gasteiger partial charge in [0.15, 0.2) is 5.82 Å². The van der Waals surface area contributed by atoms with E-state index in [-0.39, 0.29) is 6.04 Å². The Morgan fingerprint density at radius 3 is 2.84 bits per heavy atom. The van der Waals surface area contributed by atoms with Gasteiger partial charge in [-0.3, -0.25) is 4.98 Å². The van der Waals surface area contributed by atoms with Crippen LogP contribution < -0.4 is 5.32 Å². The number of ether oxygens (including phenoxy) is 1. The second kappa shape index (κ2) is 7.21. The van der Waals surface area contributed by atoms with Crippen molar-refractivity contribution in [1.82, 2.24) is 20.4 Å². The molecule has 0 aliphatic heterocycles. The van der Waals surface area contributed by atoms with Gasteiger partial charge in [0, 0.05) is 18.8 Å². The van der Waals surface area contributed by atoms with Gasteiger partial charge in [-0.05, 0) is 51.2 Å². The molecule has 1 N–H and O–H groups in total. The summed E-state index contributed by atoms with van der Waals surface area (Å²) in [5.41, 5.74) is 0.462. The number of nitrogens with one attached hydrogen (secondary N) is 1. The van der Waals surface area contributed by atoms with Crippen LogP contribution in [0, 0.1) is 5.92 Å². The summed E-state index contributed by atoms with van der Waals surface area (Å²) < 4.78 is 10.8. The molecule has 1 amide bonds. The molecule has 7 nitrogen and oxygen atoms in total. The Morgan fingerprint density at radius 2 is 2.24 bits per heavy atom. The maximum atomic E-state index is 12.2. The number of amides is 1. The molecule has 2 aromatic heterocycles. The van der Waals surface area contributed by atoms with E-state index >= 15 is 0 Å². The predicted octanol–water partition coefficient (Wildman–Crippen LogP) is 3.42. The van der Waals surface area contributed by atoms with Crippen LogP contribution in [0.2, 0.25) is 0 Å². The highest BCUT2D eigenvalue weighted by Gasteiger charge is 2.35. The minimum Gasteiger partial charge on any atom is -0.444 e. The van der Waals surface area contributed by atoms with Crippen molar-refractivity contribution < 1.29 is 14.1 Å². The molecular formula is C18H24N4O3. The fourth-order valence-electron chi connectivity index (χ4n) is 2.74. The summed E-state index contributed by atoms with van der Waals surface area (Å²) >= 11 is 0. The van der Waals surface area contributed by atoms with Gasteiger partial charge >= 0.3 is 6.09 Å². The van der Waals surface area contributed by atoms with Crippen molar-refractivity contribution in [2.45, 2.75) is 58.1 Å². The molecule has 7 heteroatoms. The van der Waals surface area contributed by atoms with Crippen molar-refractivity contribution >= 4 is 6.09 Å². The lowest BCUT2D eigenvalue weighted by Gasteiger charge is -2.32. The van der Waals surface area contributed by atoms with Crippen LogP contribution in [0.3, 0.4) is 0 Å². The Kier molecular flexibility index (Phi) is 5.01. The SMILES string of the molecule is CC(C)(C)OC(=O)N[C@H](c1nc(Cc2cccnc2)no1)C1CCC1. The molecule has 2 aromatic rings. The molecule has 2 heterocycles. The number of aromatic nitrogens is 3. The van der Waals surface area contributed by atoms with Crippen molar-refractivity contribution in [3.63, 3.8) is 0 Å². The van der Waals surface area contributed by atoms with Gasteiger partial charge in [-0.1, -0.05) is 17.6 Å². The molecule has 0 bridgehead atoms. The lowest BCUT2D eigenvalue weighted by molar-refractivity contribution is 0.0444. The summed E-state index contributed by atoms with van der Waals surface area (Å²) in [6.07, 6.45) is 6.79. The Balaban J connectivity index is 1.70. The summed E-state index contributed by atoms with van der Waals surface area (Å²) in [6.45, 7) is 5.51. The minimum absolute atomic E-state index is 0.305. The molecule has 1 aliphatic carbocycles. The number of nitrogens with zero attached hydrogens (tertiary/aromatic N) is 3. The zero-order chi connectivity index (χ0) is 17.9. The smallest absolute Gasteiger partial charge is 0.408 e. The van der Waals surface area contributed by atoms with Crippen molar-refractivity contribution in [1.29, 1.82) is 0 Å². The quantitative estimate of drug-likeness (QED) is 0.894. The molecule has 0 radical (unpaired) electrons. The number of carbonyl (C=O) groups is 1. The van der Waals surface area contributed by atoms with Crippen LogP contribution in [0.4, 0.5) is 4.79 Å². The van der Waals surface area contributed by atoms with Crippen molar-refractivity contribution in [3.8, 4) is 0 Å². The van der Waals surface area contributed by atoms with Gasteiger partial charge < -0.3 is 14.6 Å². The zero-order valence-corrected chi connectivity index (χ0v) is 14.9. The maximum absolute atomic E-state index is 12.2. The van der Waals surface area contributed by atoms with E-state index in [1.54, 1.807) is 12.4 Å². The monoisotopic (exact) mass is 344 g/mol. The molecule has 3 rings (SSSR count). The molecule has 1 aliphatic rings. The first kappa shape index (κ1) is 17.4. The molecule has 1 saturated carbocycles. The van der Waals surface area contributed by atoms with E-state index in [2.05, 4.69) is 20.4 Å². The van der Waals surface area contributed by atoms with E-state index in [4.69, 9.17) is 9.26 Å². The normalized spacial score (nSPS) is 16.1. The molecule has 1 fully saturated rings. The van der Waals surface area contributed by atoms with Crippen LogP contribution in [0.5, 0.6) is 0 Å². The van der Waals surface area contributed by atoms with Crippen molar-refractivity contribution in [2.24, 2.45) is 5.92 Å². The number of pyridine rings is 1. The maximum Gasteiger partial charge on any atom is 0.408 e. The van der Waals surface area contributed by atoms with Crippen LogP contribution in [0.15, 0.2) is 29.0 Å². The van der Waals surface area contributed by atoms with Gasteiger partial charge in [0.25, 0.3) is 0 Å². The molecule has 0 aromatic carbocycles. The fourth-order valence-corrected chi connectivity index (χ4v) is 2.74. The van der Waals surface area contributed by atoms with Crippen molar-refractivity contribution in [2.75, 3.05) is 0 Å². The third-order valence-electron chi connectivity index (χ3n) is 4.13. The van der Waals surface area contributed by atoms with Crippen molar-refractivity contribution in [3.05, 3.63) is 41.8 Å². The summed E-state index contributed by atoms with van der Waals surface area (Å²) in [4.78, 5) is 20.7. The summed E-state index contributed by atoms with van der Waals surface area (Å²) in [6, 6.07) is 3.53. The molecule has 0 spiro atoms. The minimum atomic E-state index is -0.547. The highest BCUT2D eigenvalue weighted by molar-refractivity contribution is 5.68. The Hall–Kier alpha value is -2.44. The molecule has 0 saturated heterocycles. The third-order valence-corrected chi connectivity index (χ3v) is 4.13. The molecule has 0 unspecified atom stereocenters. The summed E-state index contributed by atoms with van der Waals surface area (Å²) in [5.74, 6) is 1.33. The lowest BCUT2D eigenvalue weighted by atomic mass is 9.79. The largest absolute Gasteiger partial charge is 0.444 e. The average Bonchev–Trinajstić information content (AvgIpc) is 2.92. The van der Waals surface area contributed by atoms with E-state index in [0.717, 1.165) is 24.8 Å². The standard InChI is InChI=1S/C18H24N4O3/c1-18(2,3)24-17(23)21-15(13-7-4-8-13)16-20-14(22-25-16)10-12-6-5-9-19-11-12/h5-6,9,11,13,15H,4,7-8,10H2,1-3H3,(H,21,23)/t15-/m0/s1. The second-order valence-corrected chi connectivity index (χ2v) is 7.40. The first-order chi connectivity index (χ1) is 11.9. The number of alkyl carbamates (subject to hydrolysis) is 1. The van der Waals surface area contributed by atoms with Crippen LogP contribution in [0.25, 0.3) is 0 Å². The van der Waals surface area contributed by atoms with Gasteiger partial charge in [0.1, 0.15) is 11.6 Å². The first-order valence-electron chi connectivity index (χ1n) is 8.61. The van der Waals surface area contributed by atoms with Gasteiger partial charge in [-0.2, -0.15) is 4.98 Å².